The molecule has 1 N–H and O–H groups in total. The van der Waals surface area contributed by atoms with Gasteiger partial charge in [0, 0.05) is 5.38 Å². The van der Waals surface area contributed by atoms with Crippen LogP contribution in [0.2, 0.25) is 0 Å². The largest absolute Gasteiger partial charge is 0.302 e. The van der Waals surface area contributed by atoms with E-state index in [-0.39, 0.29) is 17.2 Å². The quantitative estimate of drug-likeness (QED) is 0.629. The molecule has 1 heterocycles. The third-order valence-corrected chi connectivity index (χ3v) is 3.56. The molecule has 0 unspecified atom stereocenters. The Kier molecular flexibility index (Phi) is 3.61. The summed E-state index contributed by atoms with van der Waals surface area (Å²) in [7, 11) is -0.709. The highest BCUT2D eigenvalue weighted by atomic mass is 32.2. The van der Waals surface area contributed by atoms with Crippen LogP contribution < -0.4 is 0 Å². The number of rotatable bonds is 4. The summed E-state index contributed by atoms with van der Waals surface area (Å²) in [6.07, 6.45) is 0. The van der Waals surface area contributed by atoms with E-state index in [9.17, 15) is 13.2 Å². The number of likely N-dealkylation sites (N-methyl/N-ethyl adjacent to an activating group) is 1. The number of thiophene rings is 1. The Morgan fingerprint density at radius 3 is 2.53 bits per heavy atom. The molecule has 5 nitrogen and oxygen atoms in total. The smallest absolute Gasteiger partial charge is 0.295 e. The predicted octanol–water partition coefficient (Wildman–Crippen LogP) is 0.739. The van der Waals surface area contributed by atoms with Crippen LogP contribution >= 0.6 is 11.3 Å². The lowest BCUT2D eigenvalue weighted by atomic mass is 10.3. The minimum absolute atomic E-state index is 0.167. The number of Topliss-reactive ketones (excluding diaryl/α,β-unsaturated/α-hetero) is 1. The lowest BCUT2D eigenvalue weighted by Crippen LogP contribution is -2.20. The van der Waals surface area contributed by atoms with E-state index in [2.05, 4.69) is 0 Å². The van der Waals surface area contributed by atoms with Crippen LogP contribution in [0.15, 0.2) is 16.3 Å². The van der Waals surface area contributed by atoms with Gasteiger partial charge in [-0.1, -0.05) is 0 Å². The number of carbonyl (C=O) groups is 1. The monoisotopic (exact) mass is 249 g/mol. The van der Waals surface area contributed by atoms with Gasteiger partial charge in [-0.25, -0.2) is 0 Å². The molecule has 0 aromatic carbocycles. The molecule has 7 heteroatoms. The van der Waals surface area contributed by atoms with Crippen LogP contribution in [0.3, 0.4) is 0 Å². The molecule has 1 rings (SSSR count). The molecule has 1 aromatic rings. The molecule has 84 valence electrons. The summed E-state index contributed by atoms with van der Waals surface area (Å²) in [5, 5.41) is 1.25. The van der Waals surface area contributed by atoms with E-state index in [4.69, 9.17) is 4.55 Å². The molecule has 0 aliphatic carbocycles. The predicted molar refractivity (Wildman–Crippen MR) is 57.0 cm³/mol. The van der Waals surface area contributed by atoms with Crippen LogP contribution in [0, 0.1) is 0 Å². The number of nitrogens with zero attached hydrogens (tertiary/aromatic N) is 1. The van der Waals surface area contributed by atoms with Crippen molar-refractivity contribution in [1.29, 1.82) is 0 Å². The molecule has 15 heavy (non-hydrogen) atoms. The molecule has 0 amide bonds. The lowest BCUT2D eigenvalue weighted by Gasteiger charge is -2.05. The van der Waals surface area contributed by atoms with Gasteiger partial charge in [-0.05, 0) is 20.2 Å². The first-order valence-corrected chi connectivity index (χ1v) is 6.36. The fraction of sp³-hybridized carbons (Fsp3) is 0.375. The van der Waals surface area contributed by atoms with Gasteiger partial charge in [0.05, 0.1) is 11.4 Å². The summed E-state index contributed by atoms with van der Waals surface area (Å²) in [5.74, 6) is -0.167. The standard InChI is InChI=1S/C8H11NO4S2/c1-9(2)4-7(10)8-3-6(5-14-8)15(11,12)13/h3,5H,4H2,1-2H3,(H,11,12,13). The molecule has 0 aliphatic rings. The zero-order chi connectivity index (χ0) is 11.6. The van der Waals surface area contributed by atoms with Gasteiger partial charge in [0.1, 0.15) is 4.90 Å². The van der Waals surface area contributed by atoms with Crippen molar-refractivity contribution < 1.29 is 17.8 Å². The van der Waals surface area contributed by atoms with Crippen molar-refractivity contribution in [2.75, 3.05) is 20.6 Å². The molecule has 0 fully saturated rings. The highest BCUT2D eigenvalue weighted by molar-refractivity contribution is 7.86. The van der Waals surface area contributed by atoms with E-state index in [1.54, 1.807) is 19.0 Å². The van der Waals surface area contributed by atoms with E-state index < -0.39 is 10.1 Å². The molecular weight excluding hydrogens is 238 g/mol. The van der Waals surface area contributed by atoms with Crippen molar-refractivity contribution >= 4 is 27.2 Å². The van der Waals surface area contributed by atoms with Crippen molar-refractivity contribution in [1.82, 2.24) is 4.90 Å². The Hall–Kier alpha value is -0.760. The average molecular weight is 249 g/mol. The topological polar surface area (TPSA) is 74.7 Å². The fourth-order valence-corrected chi connectivity index (χ4v) is 2.64. The van der Waals surface area contributed by atoms with Gasteiger partial charge in [-0.2, -0.15) is 8.42 Å². The zero-order valence-electron chi connectivity index (χ0n) is 8.30. The molecule has 0 bridgehead atoms. The fourth-order valence-electron chi connectivity index (χ4n) is 0.965. The average Bonchev–Trinajstić information content (AvgIpc) is 2.48. The van der Waals surface area contributed by atoms with Crippen LogP contribution in [0.4, 0.5) is 0 Å². The first-order valence-electron chi connectivity index (χ1n) is 4.04. The van der Waals surface area contributed by atoms with Crippen molar-refractivity contribution in [2.24, 2.45) is 0 Å². The van der Waals surface area contributed by atoms with E-state index in [0.717, 1.165) is 11.3 Å². The summed E-state index contributed by atoms with van der Waals surface area (Å²) in [5.41, 5.74) is 0. The van der Waals surface area contributed by atoms with Gasteiger partial charge in [-0.15, -0.1) is 11.3 Å². The molecule has 0 spiro atoms. The Labute approximate surface area is 92.1 Å². The summed E-state index contributed by atoms with van der Waals surface area (Å²) < 4.78 is 30.2. The second-order valence-corrected chi connectivity index (χ2v) is 5.62. The normalized spacial score (nSPS) is 12.0. The number of ketones is 1. The van der Waals surface area contributed by atoms with E-state index in [1.165, 1.54) is 11.4 Å². The molecule has 1 aromatic heterocycles. The Morgan fingerprint density at radius 1 is 1.53 bits per heavy atom. The first-order chi connectivity index (χ1) is 6.80. The minimum atomic E-state index is -4.20. The Balaban J connectivity index is 2.90. The van der Waals surface area contributed by atoms with Gasteiger partial charge < -0.3 is 4.90 Å². The molecule has 0 atom stereocenters. The summed E-state index contributed by atoms with van der Waals surface area (Å²) >= 11 is 1.01. The second-order valence-electron chi connectivity index (χ2n) is 3.28. The van der Waals surface area contributed by atoms with Crippen LogP contribution in [0.1, 0.15) is 9.67 Å². The number of hydrogen-bond donors (Lipinski definition) is 1. The van der Waals surface area contributed by atoms with Crippen LogP contribution in [-0.4, -0.2) is 44.3 Å². The van der Waals surface area contributed by atoms with Gasteiger partial charge in [-0.3, -0.25) is 9.35 Å². The molecule has 0 radical (unpaired) electrons. The summed E-state index contributed by atoms with van der Waals surface area (Å²) in [6, 6.07) is 1.19. The SMILES string of the molecule is CN(C)CC(=O)c1cc(S(=O)(=O)O)cs1. The third-order valence-electron chi connectivity index (χ3n) is 1.61. The van der Waals surface area contributed by atoms with Gasteiger partial charge in [0.25, 0.3) is 10.1 Å². The summed E-state index contributed by atoms with van der Waals surface area (Å²) in [4.78, 5) is 13.3. The van der Waals surface area contributed by atoms with Crippen molar-refractivity contribution in [3.8, 4) is 0 Å². The van der Waals surface area contributed by atoms with Gasteiger partial charge >= 0.3 is 0 Å². The van der Waals surface area contributed by atoms with Crippen LogP contribution in [-0.2, 0) is 10.1 Å². The Bertz CT molecular complexity index is 461. The number of carbonyl (C=O) groups excluding carboxylic acids is 1. The van der Waals surface area contributed by atoms with E-state index >= 15 is 0 Å². The maximum atomic E-state index is 11.5. The Morgan fingerprint density at radius 2 is 2.13 bits per heavy atom. The van der Waals surface area contributed by atoms with E-state index in [1.807, 2.05) is 0 Å². The van der Waals surface area contributed by atoms with Crippen LogP contribution in [0.25, 0.3) is 0 Å². The highest BCUT2D eigenvalue weighted by Gasteiger charge is 2.16. The van der Waals surface area contributed by atoms with Crippen molar-refractivity contribution in [2.45, 2.75) is 4.90 Å². The molecular formula is C8H11NO4S2. The maximum Gasteiger partial charge on any atom is 0.295 e. The molecule has 0 saturated carbocycles. The van der Waals surface area contributed by atoms with Gasteiger partial charge in [0.15, 0.2) is 5.78 Å². The second kappa shape index (κ2) is 4.40. The van der Waals surface area contributed by atoms with Crippen LogP contribution in [0.5, 0.6) is 0 Å². The molecule has 0 aliphatic heterocycles. The summed E-state index contributed by atoms with van der Waals surface area (Å²) in [6.45, 7) is 0.214. The van der Waals surface area contributed by atoms with E-state index in [0.29, 0.717) is 4.88 Å². The lowest BCUT2D eigenvalue weighted by molar-refractivity contribution is 0.0961. The highest BCUT2D eigenvalue weighted by Crippen LogP contribution is 2.19. The number of hydrogen-bond acceptors (Lipinski definition) is 5. The van der Waals surface area contributed by atoms with Gasteiger partial charge in [0.2, 0.25) is 0 Å². The maximum absolute atomic E-state index is 11.5. The van der Waals surface area contributed by atoms with Crippen molar-refractivity contribution in [3.63, 3.8) is 0 Å². The van der Waals surface area contributed by atoms with Crippen molar-refractivity contribution in [3.05, 3.63) is 16.3 Å². The third kappa shape index (κ3) is 3.38. The first kappa shape index (κ1) is 12.3. The minimum Gasteiger partial charge on any atom is -0.302 e. The molecule has 0 saturated heterocycles. The zero-order valence-corrected chi connectivity index (χ0v) is 9.93.